The quantitative estimate of drug-likeness (QED) is 0.832. The highest BCUT2D eigenvalue weighted by Gasteiger charge is 2.56. The third-order valence-corrected chi connectivity index (χ3v) is 5.84. The van der Waals surface area contributed by atoms with E-state index in [2.05, 4.69) is 38.1 Å². The molecule has 1 aromatic carbocycles. The van der Waals surface area contributed by atoms with Crippen LogP contribution >= 0.6 is 23.2 Å². The van der Waals surface area contributed by atoms with Crippen molar-refractivity contribution >= 4 is 29.1 Å². The number of halogens is 2. The maximum absolute atomic E-state index is 12.9. The minimum Gasteiger partial charge on any atom is -0.331 e. The highest BCUT2D eigenvalue weighted by atomic mass is 35.5. The number of carbonyl (C=O) groups is 1. The molecule has 0 aromatic heterocycles. The molecule has 1 saturated carbocycles. The minimum atomic E-state index is 0.0585. The molecule has 5 heteroatoms. The summed E-state index contributed by atoms with van der Waals surface area (Å²) in [4.78, 5) is 16.5. The molecule has 3 rings (SSSR count). The van der Waals surface area contributed by atoms with Crippen molar-refractivity contribution in [1.29, 1.82) is 0 Å². The minimum absolute atomic E-state index is 0.0585. The van der Waals surface area contributed by atoms with Gasteiger partial charge in [-0.25, -0.2) is 0 Å². The second-order valence-corrected chi connectivity index (χ2v) is 8.63. The SMILES string of the molecule is CC(C)[C@H]1[C@@H](C=C(Cl)Cl)[C@@H]1C(=O)N1CC[NH+](Cc2ccccc2)CC1. The number of piperazine rings is 1. The van der Waals surface area contributed by atoms with E-state index in [0.29, 0.717) is 11.8 Å². The maximum Gasteiger partial charge on any atom is 0.227 e. The molecule has 1 amide bonds. The van der Waals surface area contributed by atoms with E-state index in [1.165, 1.54) is 5.56 Å². The van der Waals surface area contributed by atoms with Gasteiger partial charge in [0.05, 0.1) is 26.2 Å². The Morgan fingerprint density at radius 1 is 1.24 bits per heavy atom. The number of quaternary nitrogens is 1. The number of carbonyl (C=O) groups excluding carboxylic acids is 1. The highest BCUT2D eigenvalue weighted by molar-refractivity contribution is 6.55. The third-order valence-electron chi connectivity index (χ3n) is 5.59. The molecule has 0 unspecified atom stereocenters. The summed E-state index contributed by atoms with van der Waals surface area (Å²) < 4.78 is 0.281. The van der Waals surface area contributed by atoms with Crippen molar-refractivity contribution in [1.82, 2.24) is 4.90 Å². The molecule has 3 atom stereocenters. The lowest BCUT2D eigenvalue weighted by molar-refractivity contribution is -0.917. The van der Waals surface area contributed by atoms with E-state index in [9.17, 15) is 4.79 Å². The van der Waals surface area contributed by atoms with Crippen LogP contribution < -0.4 is 4.90 Å². The molecule has 1 N–H and O–H groups in total. The van der Waals surface area contributed by atoms with Crippen LogP contribution in [0.15, 0.2) is 40.9 Å². The summed E-state index contributed by atoms with van der Waals surface area (Å²) in [5.41, 5.74) is 1.36. The largest absolute Gasteiger partial charge is 0.331 e. The monoisotopic (exact) mass is 381 g/mol. The zero-order chi connectivity index (χ0) is 18.0. The Balaban J connectivity index is 1.54. The molecule has 0 bridgehead atoms. The predicted molar refractivity (Wildman–Crippen MR) is 103 cm³/mol. The fraction of sp³-hybridized carbons (Fsp3) is 0.550. The Morgan fingerprint density at radius 3 is 2.44 bits per heavy atom. The fourth-order valence-corrected chi connectivity index (χ4v) is 4.51. The van der Waals surface area contributed by atoms with Gasteiger partial charge in [0.15, 0.2) is 0 Å². The summed E-state index contributed by atoms with van der Waals surface area (Å²) in [7, 11) is 0. The molecule has 3 nitrogen and oxygen atoms in total. The number of rotatable bonds is 5. The molecule has 2 fully saturated rings. The third kappa shape index (κ3) is 4.58. The number of nitrogens with one attached hydrogen (secondary N) is 1. The number of benzene rings is 1. The Hall–Kier alpha value is -1.03. The van der Waals surface area contributed by atoms with Crippen LogP contribution in [-0.2, 0) is 11.3 Å². The average molecular weight is 382 g/mol. The van der Waals surface area contributed by atoms with Crippen LogP contribution in [0.1, 0.15) is 19.4 Å². The van der Waals surface area contributed by atoms with Gasteiger partial charge in [-0.3, -0.25) is 4.79 Å². The van der Waals surface area contributed by atoms with Gasteiger partial charge in [-0.1, -0.05) is 67.4 Å². The van der Waals surface area contributed by atoms with Gasteiger partial charge in [-0.15, -0.1) is 0 Å². The van der Waals surface area contributed by atoms with E-state index in [1.807, 2.05) is 17.0 Å². The van der Waals surface area contributed by atoms with Gasteiger partial charge in [0.1, 0.15) is 11.0 Å². The molecule has 1 heterocycles. The topological polar surface area (TPSA) is 24.8 Å². The van der Waals surface area contributed by atoms with Crippen molar-refractivity contribution < 1.29 is 9.69 Å². The first-order chi connectivity index (χ1) is 12.0. The van der Waals surface area contributed by atoms with Crippen molar-refractivity contribution in [2.75, 3.05) is 26.2 Å². The predicted octanol–water partition coefficient (Wildman–Crippen LogP) is 2.75. The van der Waals surface area contributed by atoms with Crippen molar-refractivity contribution in [3.8, 4) is 0 Å². The Bertz CT molecular complexity index is 620. The Kier molecular flexibility index (Phi) is 6.08. The lowest BCUT2D eigenvalue weighted by atomic mass is 10.1. The molecule has 2 aliphatic rings. The van der Waals surface area contributed by atoms with Crippen LogP contribution in [0.3, 0.4) is 0 Å². The molecular weight excluding hydrogens is 355 g/mol. The van der Waals surface area contributed by atoms with E-state index in [0.717, 1.165) is 32.7 Å². The molecule has 0 spiro atoms. The first kappa shape index (κ1) is 18.8. The molecule has 25 heavy (non-hydrogen) atoms. The Labute approximate surface area is 160 Å². The molecule has 1 aliphatic heterocycles. The molecule has 1 saturated heterocycles. The molecule has 1 aromatic rings. The van der Waals surface area contributed by atoms with Crippen molar-refractivity contribution in [3.63, 3.8) is 0 Å². The average Bonchev–Trinajstić information content (AvgIpc) is 3.29. The fourth-order valence-electron chi connectivity index (χ4n) is 4.22. The van der Waals surface area contributed by atoms with E-state index < -0.39 is 0 Å². The van der Waals surface area contributed by atoms with Crippen LogP contribution in [0.5, 0.6) is 0 Å². The lowest BCUT2D eigenvalue weighted by Crippen LogP contribution is -3.13. The van der Waals surface area contributed by atoms with Crippen LogP contribution in [0.25, 0.3) is 0 Å². The van der Waals surface area contributed by atoms with Gasteiger partial charge >= 0.3 is 0 Å². The van der Waals surface area contributed by atoms with Gasteiger partial charge in [0.2, 0.25) is 5.91 Å². The summed E-state index contributed by atoms with van der Waals surface area (Å²) >= 11 is 11.7. The molecule has 136 valence electrons. The van der Waals surface area contributed by atoms with Gasteiger partial charge in [-0.05, 0) is 23.8 Å². The van der Waals surface area contributed by atoms with Gasteiger partial charge in [0, 0.05) is 11.5 Å². The zero-order valence-corrected chi connectivity index (χ0v) is 16.4. The summed E-state index contributed by atoms with van der Waals surface area (Å²) in [6, 6.07) is 10.6. The van der Waals surface area contributed by atoms with Crippen LogP contribution in [0.2, 0.25) is 0 Å². The number of allylic oxidation sites excluding steroid dienone is 1. The first-order valence-corrected chi connectivity index (χ1v) is 9.92. The second kappa shape index (κ2) is 8.11. The molecule has 1 aliphatic carbocycles. The Morgan fingerprint density at radius 2 is 1.88 bits per heavy atom. The second-order valence-electron chi connectivity index (χ2n) is 7.62. The van der Waals surface area contributed by atoms with Crippen molar-refractivity contribution in [2.24, 2.45) is 23.7 Å². The number of hydrogen-bond acceptors (Lipinski definition) is 1. The highest BCUT2D eigenvalue weighted by Crippen LogP contribution is 2.53. The van der Waals surface area contributed by atoms with Crippen molar-refractivity contribution in [2.45, 2.75) is 20.4 Å². The van der Waals surface area contributed by atoms with E-state index >= 15 is 0 Å². The summed E-state index contributed by atoms with van der Waals surface area (Å²) in [5, 5.41) is 0. The molecule has 0 radical (unpaired) electrons. The van der Waals surface area contributed by atoms with Crippen LogP contribution in [0.4, 0.5) is 0 Å². The normalized spacial score (nSPS) is 26.6. The number of amides is 1. The first-order valence-electron chi connectivity index (χ1n) is 9.16. The summed E-state index contributed by atoms with van der Waals surface area (Å²) in [6.45, 7) is 9.08. The lowest BCUT2D eigenvalue weighted by Gasteiger charge is -2.32. The molecular formula is C20H27Cl2N2O+. The van der Waals surface area contributed by atoms with Crippen LogP contribution in [0, 0.1) is 23.7 Å². The van der Waals surface area contributed by atoms with E-state index in [-0.39, 0.29) is 22.2 Å². The van der Waals surface area contributed by atoms with Crippen LogP contribution in [-0.4, -0.2) is 37.0 Å². The zero-order valence-electron chi connectivity index (χ0n) is 14.9. The van der Waals surface area contributed by atoms with Gasteiger partial charge in [0.25, 0.3) is 0 Å². The summed E-state index contributed by atoms with van der Waals surface area (Å²) in [6.07, 6.45) is 1.85. The number of hydrogen-bond donors (Lipinski definition) is 1. The van der Waals surface area contributed by atoms with Gasteiger partial charge in [-0.2, -0.15) is 0 Å². The summed E-state index contributed by atoms with van der Waals surface area (Å²) in [5.74, 6) is 1.38. The smallest absolute Gasteiger partial charge is 0.227 e. The standard InChI is InChI=1S/C20H26Cl2N2O/c1-14(2)18-16(12-17(21)22)19(18)20(25)24-10-8-23(9-11-24)13-15-6-4-3-5-7-15/h3-7,12,14,16,18-19H,8-11,13H2,1-2H3/p+1/t16-,18+,19+/m1/s1. The maximum atomic E-state index is 12.9. The van der Waals surface area contributed by atoms with E-state index in [4.69, 9.17) is 23.2 Å². The number of nitrogens with zero attached hydrogens (tertiary/aromatic N) is 1. The van der Waals surface area contributed by atoms with E-state index in [1.54, 1.807) is 4.90 Å². The van der Waals surface area contributed by atoms with Gasteiger partial charge < -0.3 is 9.80 Å². The van der Waals surface area contributed by atoms with Crippen molar-refractivity contribution in [3.05, 3.63) is 46.5 Å².